The van der Waals surface area contributed by atoms with E-state index in [9.17, 15) is 21.6 Å². The molecule has 1 heterocycles. The molecule has 0 fully saturated rings. The van der Waals surface area contributed by atoms with E-state index >= 15 is 0 Å². The lowest BCUT2D eigenvalue weighted by molar-refractivity contribution is -0.589. The molecule has 0 saturated carbocycles. The van der Waals surface area contributed by atoms with Crippen LogP contribution < -0.4 is 21.2 Å². The maximum atomic E-state index is 11.0. The highest BCUT2D eigenvalue weighted by atomic mass is 127. The fourth-order valence-corrected chi connectivity index (χ4v) is 5.25. The van der Waals surface area contributed by atoms with Crippen molar-refractivity contribution in [2.24, 2.45) is 0 Å². The molecule has 0 atom stereocenters. The second-order valence-corrected chi connectivity index (χ2v) is 9.04. The van der Waals surface area contributed by atoms with Gasteiger partial charge in [0.2, 0.25) is 7.14 Å². The van der Waals surface area contributed by atoms with Crippen LogP contribution in [0.15, 0.2) is 42.5 Å². The van der Waals surface area contributed by atoms with E-state index in [4.69, 9.17) is 9.81 Å². The molecule has 1 N–H and O–H groups in total. The number of nitrogens with zero attached hydrogens (tertiary/aromatic N) is 1. The molecule has 0 radical (unpaired) electrons. The summed E-state index contributed by atoms with van der Waals surface area (Å²) in [7, 11) is -4.91. The molecule has 2 aromatic rings. The van der Waals surface area contributed by atoms with Gasteiger partial charge in [0, 0.05) is 11.1 Å². The first-order valence-corrected chi connectivity index (χ1v) is 10.2. The molecule has 126 valence electrons. The summed E-state index contributed by atoms with van der Waals surface area (Å²) >= 11 is -0.0247. The number of alkyl halides is 3. The number of benzene rings is 2. The minimum Gasteiger partial charge on any atom is -0.285 e. The van der Waals surface area contributed by atoms with Gasteiger partial charge in [-0.25, -0.2) is 0 Å². The Balaban J connectivity index is 0.000000202. The summed E-state index contributed by atoms with van der Waals surface area (Å²) in [6.07, 6.45) is -4.85. The Labute approximate surface area is 146 Å². The van der Waals surface area contributed by atoms with Crippen molar-refractivity contribution < 1.29 is 47.3 Å². The van der Waals surface area contributed by atoms with Gasteiger partial charge < -0.3 is 0 Å². The zero-order valence-electron chi connectivity index (χ0n) is 11.9. The third-order valence-electron chi connectivity index (χ3n) is 2.81. The molecule has 4 nitrogen and oxygen atoms in total. The fraction of sp³-hybridized carbons (Fsp3) is 0.133. The van der Waals surface area contributed by atoms with E-state index < -0.39 is 22.0 Å². The van der Waals surface area contributed by atoms with Crippen LogP contribution in [0.25, 0.3) is 11.1 Å². The summed E-state index contributed by atoms with van der Waals surface area (Å²) < 4.78 is 62.5. The zero-order chi connectivity index (χ0) is 18.0. The lowest BCUT2D eigenvalue weighted by atomic mass is 10.0. The molecule has 0 aliphatic carbocycles. The average Bonchev–Trinajstić information content (AvgIpc) is 2.81. The van der Waals surface area contributed by atoms with Crippen LogP contribution in [0.5, 0.6) is 0 Å². The third kappa shape index (κ3) is 5.19. The summed E-state index contributed by atoms with van der Waals surface area (Å²) in [5, 5.41) is 8.88. The van der Waals surface area contributed by atoms with Gasteiger partial charge >= 0.3 is 27.4 Å². The van der Waals surface area contributed by atoms with E-state index in [-0.39, 0.29) is 21.2 Å². The second-order valence-electron chi connectivity index (χ2n) is 4.72. The Morgan fingerprint density at radius 1 is 1.08 bits per heavy atom. The van der Waals surface area contributed by atoms with Crippen LogP contribution >= 0.6 is 0 Å². The van der Waals surface area contributed by atoms with Gasteiger partial charge in [0.25, 0.3) is 10.1 Å². The first-order chi connectivity index (χ1) is 11.1. The quantitative estimate of drug-likeness (QED) is 0.406. The van der Waals surface area contributed by atoms with Gasteiger partial charge in [0.05, 0.1) is 11.6 Å². The number of fused-ring (bicyclic) bond motifs is 3. The highest BCUT2D eigenvalue weighted by Crippen LogP contribution is 2.23. The Morgan fingerprint density at radius 2 is 1.71 bits per heavy atom. The molecule has 0 amide bonds. The number of halogens is 4. The van der Waals surface area contributed by atoms with Gasteiger partial charge in [-0.05, 0) is 30.3 Å². The van der Waals surface area contributed by atoms with E-state index in [1.807, 2.05) is 12.1 Å². The molecule has 0 saturated heterocycles. The molecular weight excluding hydrogens is 458 g/mol. The average molecular weight is 468 g/mol. The smallest absolute Gasteiger partial charge is 0.285 e. The van der Waals surface area contributed by atoms with Crippen molar-refractivity contribution in [3.8, 4) is 17.2 Å². The van der Waals surface area contributed by atoms with Crippen molar-refractivity contribution in [1.29, 1.82) is 5.26 Å². The van der Waals surface area contributed by atoms with Crippen molar-refractivity contribution in [2.45, 2.75) is 6.18 Å². The number of hydrogen-bond donors (Lipinski definition) is 1. The molecular formula is C15H10F3INO3S+. The summed E-state index contributed by atoms with van der Waals surface area (Å²) in [5.74, 6) is -2.18. The van der Waals surface area contributed by atoms with Crippen LogP contribution in [-0.4, -0.2) is 24.9 Å². The van der Waals surface area contributed by atoms with Crippen molar-refractivity contribution >= 4 is 10.1 Å². The molecule has 9 heteroatoms. The van der Waals surface area contributed by atoms with Crippen molar-refractivity contribution in [2.75, 3.05) is 5.75 Å². The summed E-state index contributed by atoms with van der Waals surface area (Å²) in [5.41, 5.74) is 3.37. The molecule has 0 unspecified atom stereocenters. The van der Waals surface area contributed by atoms with Crippen molar-refractivity contribution in [1.82, 2.24) is 0 Å². The highest BCUT2D eigenvalue weighted by Gasteiger charge is 2.34. The highest BCUT2D eigenvalue weighted by molar-refractivity contribution is 7.85. The summed E-state index contributed by atoms with van der Waals surface area (Å²) in [4.78, 5) is 0. The van der Waals surface area contributed by atoms with Crippen LogP contribution in [0.3, 0.4) is 0 Å². The molecule has 2 aromatic carbocycles. The molecule has 3 rings (SSSR count). The molecule has 0 aromatic heterocycles. The van der Waals surface area contributed by atoms with Crippen LogP contribution in [0.1, 0.15) is 5.56 Å². The van der Waals surface area contributed by atoms with Gasteiger partial charge in [0.1, 0.15) is 0 Å². The van der Waals surface area contributed by atoms with Crippen LogP contribution in [0.2, 0.25) is 0 Å². The predicted octanol–water partition coefficient (Wildman–Crippen LogP) is 0.104. The van der Waals surface area contributed by atoms with Crippen LogP contribution in [0, 0.1) is 18.5 Å². The van der Waals surface area contributed by atoms with E-state index in [0.717, 1.165) is 5.56 Å². The Bertz CT molecular complexity index is 905. The minimum atomic E-state index is -4.91. The predicted molar refractivity (Wildman–Crippen MR) is 76.5 cm³/mol. The zero-order valence-corrected chi connectivity index (χ0v) is 14.9. The van der Waals surface area contributed by atoms with E-state index in [0.29, 0.717) is 0 Å². The molecule has 0 spiro atoms. The first-order valence-electron chi connectivity index (χ1n) is 6.39. The monoisotopic (exact) mass is 468 g/mol. The molecule has 24 heavy (non-hydrogen) atoms. The van der Waals surface area contributed by atoms with Crippen LogP contribution in [0.4, 0.5) is 13.2 Å². The van der Waals surface area contributed by atoms with Crippen molar-refractivity contribution in [3.63, 3.8) is 0 Å². The lowest BCUT2D eigenvalue weighted by Gasteiger charge is -2.00. The summed E-state index contributed by atoms with van der Waals surface area (Å²) in [6, 6.07) is 16.8. The largest absolute Gasteiger partial charge is 0.405 e. The Kier molecular flexibility index (Phi) is 5.52. The third-order valence-corrected chi connectivity index (χ3v) is 6.54. The fourth-order valence-electron chi connectivity index (χ4n) is 1.96. The Morgan fingerprint density at radius 3 is 2.25 bits per heavy atom. The van der Waals surface area contributed by atoms with Gasteiger partial charge in [-0.2, -0.15) is 26.9 Å². The van der Waals surface area contributed by atoms with Gasteiger partial charge in [-0.3, -0.25) is 4.55 Å². The minimum absolute atomic E-state index is 0.0247. The van der Waals surface area contributed by atoms with E-state index in [1.54, 1.807) is 0 Å². The van der Waals surface area contributed by atoms with Crippen LogP contribution in [-0.2, 0) is 10.1 Å². The van der Waals surface area contributed by atoms with Crippen molar-refractivity contribution in [3.05, 3.63) is 55.2 Å². The number of rotatable bonds is 1. The normalized spacial score (nSPS) is 12.5. The van der Waals surface area contributed by atoms with Gasteiger partial charge in [0.15, 0.2) is 5.75 Å². The molecule has 1 aliphatic rings. The standard InChI is InChI=1S/C13H7IN.C2H3F3O3S/c15-8-9-5-6-13-11(7-9)10-3-1-2-4-12(10)14-13;3-2(4,5)1-9(6,7)8/h1-7H;1H2,(H,6,7,8)/q+1;. The molecule has 0 bridgehead atoms. The SMILES string of the molecule is N#Cc1ccc2c(c1)-c1ccccc1[I+]2.O=S(=O)(O)CC(F)(F)F. The van der Waals surface area contributed by atoms with E-state index in [1.165, 1.54) is 18.3 Å². The second kappa shape index (κ2) is 7.08. The molecule has 1 aliphatic heterocycles. The number of hydrogen-bond acceptors (Lipinski definition) is 3. The number of nitriles is 1. The maximum Gasteiger partial charge on any atom is 0.405 e. The maximum absolute atomic E-state index is 11.0. The Hall–Kier alpha value is -1.64. The van der Waals surface area contributed by atoms with Gasteiger partial charge in [-0.15, -0.1) is 0 Å². The summed E-state index contributed by atoms with van der Waals surface area (Å²) in [6.45, 7) is 0. The van der Waals surface area contributed by atoms with Gasteiger partial charge in [-0.1, -0.05) is 12.1 Å². The van der Waals surface area contributed by atoms with E-state index in [2.05, 4.69) is 36.4 Å². The first kappa shape index (κ1) is 18.7. The lowest BCUT2D eigenvalue weighted by Crippen LogP contribution is -3.61. The topological polar surface area (TPSA) is 78.2 Å².